The predicted octanol–water partition coefficient (Wildman–Crippen LogP) is 2.00. The van der Waals surface area contributed by atoms with E-state index in [2.05, 4.69) is 11.4 Å². The molecule has 1 heterocycles. The first-order valence-electron chi connectivity index (χ1n) is 6.22. The Bertz CT molecular complexity index is 463. The molecule has 1 atom stereocenters. The van der Waals surface area contributed by atoms with Crippen LogP contribution in [-0.2, 0) is 16.7 Å². The highest BCUT2D eigenvalue weighted by atomic mass is 16.5. The van der Waals surface area contributed by atoms with Crippen molar-refractivity contribution in [2.24, 2.45) is 0 Å². The second-order valence-corrected chi connectivity index (χ2v) is 4.98. The van der Waals surface area contributed by atoms with E-state index >= 15 is 0 Å². The number of ether oxygens (including phenoxy) is 1. The quantitative estimate of drug-likeness (QED) is 0.751. The van der Waals surface area contributed by atoms with Gasteiger partial charge in [-0.1, -0.05) is 6.07 Å². The lowest BCUT2D eigenvalue weighted by Crippen LogP contribution is -2.55. The zero-order chi connectivity index (χ0) is 11.9. The molecule has 0 saturated carbocycles. The maximum atomic E-state index is 11.5. The van der Waals surface area contributed by atoms with Crippen molar-refractivity contribution in [3.05, 3.63) is 34.9 Å². The van der Waals surface area contributed by atoms with Crippen LogP contribution in [0.5, 0.6) is 0 Å². The van der Waals surface area contributed by atoms with Gasteiger partial charge in [-0.25, -0.2) is 4.79 Å². The summed E-state index contributed by atoms with van der Waals surface area (Å²) in [5, 5.41) is 3.56. The number of methoxy groups -OCH3 is 1. The number of fused-ring (bicyclic) bond motifs is 2. The van der Waals surface area contributed by atoms with Crippen LogP contribution >= 0.6 is 0 Å². The summed E-state index contributed by atoms with van der Waals surface area (Å²) >= 11 is 0. The molecule has 1 spiro atoms. The molecule has 1 aliphatic carbocycles. The smallest absolute Gasteiger partial charge is 0.337 e. The van der Waals surface area contributed by atoms with Gasteiger partial charge >= 0.3 is 5.97 Å². The topological polar surface area (TPSA) is 38.3 Å². The van der Waals surface area contributed by atoms with Crippen LogP contribution in [0.15, 0.2) is 18.2 Å². The van der Waals surface area contributed by atoms with Crippen LogP contribution in [0.1, 0.15) is 40.7 Å². The van der Waals surface area contributed by atoms with E-state index in [0.29, 0.717) is 5.56 Å². The van der Waals surface area contributed by atoms with Crippen LogP contribution < -0.4 is 5.32 Å². The van der Waals surface area contributed by atoms with E-state index < -0.39 is 0 Å². The molecule has 3 nitrogen and oxygen atoms in total. The van der Waals surface area contributed by atoms with Gasteiger partial charge in [-0.15, -0.1) is 0 Å². The average Bonchev–Trinajstić information content (AvgIpc) is 2.34. The van der Waals surface area contributed by atoms with E-state index in [1.165, 1.54) is 37.5 Å². The Hall–Kier alpha value is -1.35. The van der Waals surface area contributed by atoms with Gasteiger partial charge in [0.05, 0.1) is 12.7 Å². The van der Waals surface area contributed by atoms with E-state index in [1.807, 2.05) is 12.1 Å². The van der Waals surface area contributed by atoms with Crippen LogP contribution in [0.2, 0.25) is 0 Å². The van der Waals surface area contributed by atoms with Crippen molar-refractivity contribution < 1.29 is 9.53 Å². The van der Waals surface area contributed by atoms with Crippen molar-refractivity contribution in [2.45, 2.75) is 31.2 Å². The maximum absolute atomic E-state index is 11.5. The summed E-state index contributed by atoms with van der Waals surface area (Å²) in [4.78, 5) is 11.5. The molecule has 17 heavy (non-hydrogen) atoms. The molecule has 2 aliphatic rings. The second-order valence-electron chi connectivity index (χ2n) is 4.98. The standard InChI is InChI=1S/C14H17NO2/c1-17-13(16)11-4-5-12-10(9-11)3-2-6-14(12)7-8-15-14/h4-5,9,15H,2-3,6-8H2,1H3/t14-/m1/s1. The highest BCUT2D eigenvalue weighted by molar-refractivity contribution is 5.89. The fourth-order valence-electron chi connectivity index (χ4n) is 3.10. The fraction of sp³-hybridized carbons (Fsp3) is 0.500. The molecule has 1 aromatic rings. The van der Waals surface area contributed by atoms with E-state index in [0.717, 1.165) is 13.0 Å². The van der Waals surface area contributed by atoms with E-state index in [1.54, 1.807) is 0 Å². The molecule has 0 aromatic heterocycles. The molecule has 1 aliphatic heterocycles. The van der Waals surface area contributed by atoms with Crippen LogP contribution in [-0.4, -0.2) is 19.6 Å². The SMILES string of the molecule is COC(=O)c1ccc2c(c1)CCC[C@@]21CCN1. The first-order valence-corrected chi connectivity index (χ1v) is 6.22. The van der Waals surface area contributed by atoms with Gasteiger partial charge in [0.2, 0.25) is 0 Å². The zero-order valence-corrected chi connectivity index (χ0v) is 10.1. The van der Waals surface area contributed by atoms with Gasteiger partial charge in [0.15, 0.2) is 0 Å². The molecule has 3 rings (SSSR count). The normalized spacial score (nSPS) is 26.2. The lowest BCUT2D eigenvalue weighted by molar-refractivity contribution is 0.0600. The Morgan fingerprint density at radius 2 is 2.24 bits per heavy atom. The average molecular weight is 231 g/mol. The molecule has 1 N–H and O–H groups in total. The van der Waals surface area contributed by atoms with Gasteiger partial charge in [0.1, 0.15) is 0 Å². The lowest BCUT2D eigenvalue weighted by atomic mass is 9.70. The Balaban J connectivity index is 2.01. The number of carbonyl (C=O) groups excluding carboxylic acids is 1. The van der Waals surface area contributed by atoms with Gasteiger partial charge in [0.25, 0.3) is 0 Å². The molecular weight excluding hydrogens is 214 g/mol. The van der Waals surface area contributed by atoms with Crippen molar-refractivity contribution in [3.63, 3.8) is 0 Å². The van der Waals surface area contributed by atoms with Crippen molar-refractivity contribution in [1.29, 1.82) is 0 Å². The van der Waals surface area contributed by atoms with Crippen molar-refractivity contribution in [2.75, 3.05) is 13.7 Å². The summed E-state index contributed by atoms with van der Waals surface area (Å²) in [5.74, 6) is -0.242. The molecule has 1 saturated heterocycles. The second kappa shape index (κ2) is 3.84. The monoisotopic (exact) mass is 231 g/mol. The molecule has 1 aromatic carbocycles. The summed E-state index contributed by atoms with van der Waals surface area (Å²) in [6.45, 7) is 1.11. The first kappa shape index (κ1) is 10.8. The molecular formula is C14H17NO2. The Kier molecular flexibility index (Phi) is 2.44. The maximum Gasteiger partial charge on any atom is 0.337 e. The predicted molar refractivity (Wildman–Crippen MR) is 65.0 cm³/mol. The Labute approximate surface area is 101 Å². The minimum atomic E-state index is -0.242. The van der Waals surface area contributed by atoms with Crippen LogP contribution in [0, 0.1) is 0 Å². The van der Waals surface area contributed by atoms with Gasteiger partial charge in [-0.2, -0.15) is 0 Å². The van der Waals surface area contributed by atoms with Crippen molar-refractivity contribution >= 4 is 5.97 Å². The van der Waals surface area contributed by atoms with Crippen LogP contribution in [0.4, 0.5) is 0 Å². The molecule has 0 bridgehead atoms. The summed E-state index contributed by atoms with van der Waals surface area (Å²) < 4.78 is 4.77. The molecule has 90 valence electrons. The minimum absolute atomic E-state index is 0.211. The molecule has 0 radical (unpaired) electrons. The van der Waals surface area contributed by atoms with E-state index in [-0.39, 0.29) is 11.5 Å². The molecule has 0 amide bonds. The van der Waals surface area contributed by atoms with E-state index in [9.17, 15) is 4.79 Å². The molecule has 1 fully saturated rings. The van der Waals surface area contributed by atoms with Gasteiger partial charge in [-0.05, 0) is 55.5 Å². The van der Waals surface area contributed by atoms with Crippen molar-refractivity contribution in [3.8, 4) is 0 Å². The third kappa shape index (κ3) is 1.57. The number of hydrogen-bond donors (Lipinski definition) is 1. The number of aryl methyl sites for hydroxylation is 1. The highest BCUT2D eigenvalue weighted by Gasteiger charge is 2.41. The number of benzene rings is 1. The summed E-state index contributed by atoms with van der Waals surface area (Å²) in [6, 6.07) is 5.99. The van der Waals surface area contributed by atoms with Crippen molar-refractivity contribution in [1.82, 2.24) is 5.32 Å². The summed E-state index contributed by atoms with van der Waals surface area (Å²) in [7, 11) is 1.43. The number of nitrogens with one attached hydrogen (secondary N) is 1. The van der Waals surface area contributed by atoms with Gasteiger partial charge in [-0.3, -0.25) is 0 Å². The number of rotatable bonds is 1. The van der Waals surface area contributed by atoms with E-state index in [4.69, 9.17) is 4.74 Å². The van der Waals surface area contributed by atoms with Crippen LogP contribution in [0.3, 0.4) is 0 Å². The minimum Gasteiger partial charge on any atom is -0.465 e. The molecule has 3 heteroatoms. The summed E-state index contributed by atoms with van der Waals surface area (Å²) in [5.41, 5.74) is 3.58. The number of hydrogen-bond acceptors (Lipinski definition) is 3. The number of carbonyl (C=O) groups is 1. The Morgan fingerprint density at radius 1 is 1.41 bits per heavy atom. The highest BCUT2D eigenvalue weighted by Crippen LogP contribution is 2.42. The largest absolute Gasteiger partial charge is 0.465 e. The third-order valence-electron chi connectivity index (χ3n) is 4.11. The Morgan fingerprint density at radius 3 is 2.88 bits per heavy atom. The van der Waals surface area contributed by atoms with Crippen LogP contribution in [0.25, 0.3) is 0 Å². The molecule has 0 unspecified atom stereocenters. The third-order valence-corrected chi connectivity index (χ3v) is 4.11. The fourth-order valence-corrected chi connectivity index (χ4v) is 3.10. The van der Waals surface area contributed by atoms with Gasteiger partial charge < -0.3 is 10.1 Å². The summed E-state index contributed by atoms with van der Waals surface area (Å²) in [6.07, 6.45) is 4.71. The van der Waals surface area contributed by atoms with Gasteiger partial charge in [0, 0.05) is 5.54 Å². The zero-order valence-electron chi connectivity index (χ0n) is 10.1. The number of esters is 1. The lowest BCUT2D eigenvalue weighted by Gasteiger charge is -2.47. The first-order chi connectivity index (χ1) is 8.25.